The molecule has 1 saturated heterocycles. The van der Waals surface area contributed by atoms with Crippen LogP contribution >= 0.6 is 0 Å². The van der Waals surface area contributed by atoms with Gasteiger partial charge in [-0.2, -0.15) is 0 Å². The van der Waals surface area contributed by atoms with Gasteiger partial charge in [-0.1, -0.05) is 32.0 Å². The Bertz CT molecular complexity index is 587. The molecule has 0 spiro atoms. The van der Waals surface area contributed by atoms with Crippen LogP contribution in [0.15, 0.2) is 24.3 Å². The molecule has 1 amide bonds. The topological polar surface area (TPSA) is 70.0 Å². The van der Waals surface area contributed by atoms with E-state index in [-0.39, 0.29) is 24.3 Å². The molecule has 2 N–H and O–H groups in total. The number of benzene rings is 1. The molecule has 5 atom stereocenters. The summed E-state index contributed by atoms with van der Waals surface area (Å²) in [5, 5.41) is 19.7. The lowest BCUT2D eigenvalue weighted by Crippen LogP contribution is -2.38. The maximum absolute atomic E-state index is 12.6. The highest BCUT2D eigenvalue weighted by Crippen LogP contribution is 2.36. The number of aliphatic hydroxyl groups excluding tert-OH is 2. The van der Waals surface area contributed by atoms with E-state index in [9.17, 15) is 15.0 Å². The normalized spacial score (nSPS) is 30.0. The summed E-state index contributed by atoms with van der Waals surface area (Å²) in [5.41, 5.74) is 1.14. The highest BCUT2D eigenvalue weighted by molar-refractivity contribution is 5.78. The summed E-state index contributed by atoms with van der Waals surface area (Å²) in [6.45, 7) is 5.65. The van der Waals surface area contributed by atoms with E-state index in [1.54, 1.807) is 0 Å². The second-order valence-electron chi connectivity index (χ2n) is 7.56. The smallest absolute Gasteiger partial charge is 0.260 e. The number of para-hydroxylation sites is 1. The third kappa shape index (κ3) is 3.98. The zero-order valence-corrected chi connectivity index (χ0v) is 15.1. The molecule has 0 bridgehead atoms. The van der Waals surface area contributed by atoms with Crippen molar-refractivity contribution in [2.45, 2.75) is 51.2 Å². The van der Waals surface area contributed by atoms with Gasteiger partial charge in [0.2, 0.25) is 0 Å². The number of ether oxygens (including phenoxy) is 1. The molecule has 0 radical (unpaired) electrons. The van der Waals surface area contributed by atoms with E-state index < -0.39 is 12.2 Å². The molecule has 0 aromatic heterocycles. The number of aliphatic hydroxyl groups is 2. The third-order valence-corrected chi connectivity index (χ3v) is 5.88. The van der Waals surface area contributed by atoms with Crippen LogP contribution in [0.1, 0.15) is 44.6 Å². The van der Waals surface area contributed by atoms with Crippen LogP contribution in [0.4, 0.5) is 0 Å². The summed E-state index contributed by atoms with van der Waals surface area (Å²) < 4.78 is 5.84. The van der Waals surface area contributed by atoms with Gasteiger partial charge in [-0.05, 0) is 48.6 Å². The van der Waals surface area contributed by atoms with E-state index >= 15 is 0 Å². The maximum Gasteiger partial charge on any atom is 0.260 e. The van der Waals surface area contributed by atoms with Gasteiger partial charge in [0, 0.05) is 13.1 Å². The Labute approximate surface area is 149 Å². The quantitative estimate of drug-likeness (QED) is 0.856. The number of amides is 1. The molecule has 25 heavy (non-hydrogen) atoms. The molecule has 1 aromatic rings. The summed E-state index contributed by atoms with van der Waals surface area (Å²) in [6, 6.07) is 7.91. The first-order chi connectivity index (χ1) is 12.0. The van der Waals surface area contributed by atoms with Crippen molar-refractivity contribution in [1.82, 2.24) is 4.90 Å². The fourth-order valence-electron chi connectivity index (χ4n) is 4.08. The molecule has 5 heteroatoms. The molecule has 2 fully saturated rings. The summed E-state index contributed by atoms with van der Waals surface area (Å²) in [4.78, 5) is 14.4. The summed E-state index contributed by atoms with van der Waals surface area (Å²) in [7, 11) is 0. The van der Waals surface area contributed by atoms with E-state index in [1.807, 2.05) is 23.1 Å². The second-order valence-corrected chi connectivity index (χ2v) is 7.56. The maximum atomic E-state index is 12.6. The van der Waals surface area contributed by atoms with Crippen LogP contribution in [0.3, 0.4) is 0 Å². The first-order valence-corrected chi connectivity index (χ1v) is 9.35. The Kier molecular flexibility index (Phi) is 5.64. The molecular formula is C20H29NO4. The van der Waals surface area contributed by atoms with E-state index in [0.29, 0.717) is 31.8 Å². The van der Waals surface area contributed by atoms with Gasteiger partial charge in [-0.25, -0.2) is 0 Å². The Morgan fingerprint density at radius 3 is 2.40 bits per heavy atom. The molecule has 1 aromatic carbocycles. The van der Waals surface area contributed by atoms with Gasteiger partial charge in [0.25, 0.3) is 5.91 Å². The van der Waals surface area contributed by atoms with Crippen LogP contribution in [0.25, 0.3) is 0 Å². The zero-order valence-electron chi connectivity index (χ0n) is 15.1. The Hall–Kier alpha value is -1.59. The molecule has 1 heterocycles. The predicted molar refractivity (Wildman–Crippen MR) is 95.5 cm³/mol. The molecule has 138 valence electrons. The number of hydrogen-bond donors (Lipinski definition) is 2. The molecule has 1 unspecified atom stereocenters. The summed E-state index contributed by atoms with van der Waals surface area (Å²) in [5.74, 6) is 1.73. The molecule has 1 saturated carbocycles. The minimum Gasteiger partial charge on any atom is -0.483 e. The highest BCUT2D eigenvalue weighted by atomic mass is 16.5. The molecule has 1 aliphatic heterocycles. The van der Waals surface area contributed by atoms with Crippen molar-refractivity contribution in [3.63, 3.8) is 0 Å². The average Bonchev–Trinajstić information content (AvgIpc) is 3.02. The SMILES string of the molecule is CCC(C)c1ccccc1OCC(=O)N1C[C@H]2C[C@H](O)[C@H](O)C[C@H]2C1. The first-order valence-electron chi connectivity index (χ1n) is 9.35. The van der Waals surface area contributed by atoms with E-state index in [4.69, 9.17) is 4.74 Å². The zero-order chi connectivity index (χ0) is 18.0. The number of carbonyl (C=O) groups excluding carboxylic acids is 1. The lowest BCUT2D eigenvalue weighted by atomic mass is 9.79. The monoisotopic (exact) mass is 347 g/mol. The number of nitrogens with zero attached hydrogens (tertiary/aromatic N) is 1. The van der Waals surface area contributed by atoms with Gasteiger partial charge >= 0.3 is 0 Å². The van der Waals surface area contributed by atoms with Gasteiger partial charge in [-0.3, -0.25) is 4.79 Å². The minimum atomic E-state index is -0.657. The van der Waals surface area contributed by atoms with Crippen molar-refractivity contribution in [3.8, 4) is 5.75 Å². The van der Waals surface area contributed by atoms with Crippen molar-refractivity contribution in [2.24, 2.45) is 11.8 Å². The molecular weight excluding hydrogens is 318 g/mol. The molecule has 3 rings (SSSR count). The van der Waals surface area contributed by atoms with Gasteiger partial charge < -0.3 is 19.8 Å². The standard InChI is InChI=1S/C20H29NO4/c1-3-13(2)16-6-4-5-7-19(16)25-12-20(24)21-10-14-8-17(22)18(23)9-15(14)11-21/h4-7,13-15,17-18,22-23H,3,8-12H2,1-2H3/t13?,14-,15+,17+,18-. The fraction of sp³-hybridized carbons (Fsp3) is 0.650. The Morgan fingerprint density at radius 2 is 1.80 bits per heavy atom. The fourth-order valence-corrected chi connectivity index (χ4v) is 4.08. The Morgan fingerprint density at radius 1 is 1.20 bits per heavy atom. The van der Waals surface area contributed by atoms with Gasteiger partial charge in [0.05, 0.1) is 12.2 Å². The van der Waals surface area contributed by atoms with E-state index in [2.05, 4.69) is 19.9 Å². The largest absolute Gasteiger partial charge is 0.483 e. The van der Waals surface area contributed by atoms with Gasteiger partial charge in [0.15, 0.2) is 6.61 Å². The molecule has 2 aliphatic rings. The third-order valence-electron chi connectivity index (χ3n) is 5.88. The highest BCUT2D eigenvalue weighted by Gasteiger charge is 2.42. The van der Waals surface area contributed by atoms with Crippen molar-refractivity contribution < 1.29 is 19.7 Å². The van der Waals surface area contributed by atoms with Crippen LogP contribution in [-0.4, -0.2) is 52.9 Å². The van der Waals surface area contributed by atoms with Crippen molar-refractivity contribution in [1.29, 1.82) is 0 Å². The van der Waals surface area contributed by atoms with Crippen LogP contribution in [0, 0.1) is 11.8 Å². The van der Waals surface area contributed by atoms with Crippen molar-refractivity contribution in [2.75, 3.05) is 19.7 Å². The van der Waals surface area contributed by atoms with Crippen LogP contribution in [0.2, 0.25) is 0 Å². The van der Waals surface area contributed by atoms with Crippen molar-refractivity contribution >= 4 is 5.91 Å². The molecule has 1 aliphatic carbocycles. The minimum absolute atomic E-state index is 0.0164. The predicted octanol–water partition coefficient (Wildman–Crippen LogP) is 2.17. The second kappa shape index (κ2) is 7.75. The number of rotatable bonds is 5. The number of fused-ring (bicyclic) bond motifs is 1. The lowest BCUT2D eigenvalue weighted by molar-refractivity contribution is -0.132. The first kappa shape index (κ1) is 18.2. The van der Waals surface area contributed by atoms with Crippen LogP contribution in [-0.2, 0) is 4.79 Å². The number of carbonyl (C=O) groups is 1. The Balaban J connectivity index is 1.57. The van der Waals surface area contributed by atoms with Gasteiger partial charge in [0.1, 0.15) is 5.75 Å². The lowest BCUT2D eigenvalue weighted by Gasteiger charge is -2.31. The van der Waals surface area contributed by atoms with E-state index in [1.165, 1.54) is 0 Å². The van der Waals surface area contributed by atoms with Crippen molar-refractivity contribution in [3.05, 3.63) is 29.8 Å². The number of hydrogen-bond acceptors (Lipinski definition) is 4. The summed E-state index contributed by atoms with van der Waals surface area (Å²) in [6.07, 6.45) is 0.861. The van der Waals surface area contributed by atoms with Crippen LogP contribution in [0.5, 0.6) is 5.75 Å². The number of likely N-dealkylation sites (tertiary alicyclic amines) is 1. The van der Waals surface area contributed by atoms with Gasteiger partial charge in [-0.15, -0.1) is 0 Å². The molecule has 5 nitrogen and oxygen atoms in total. The summed E-state index contributed by atoms with van der Waals surface area (Å²) >= 11 is 0. The van der Waals surface area contributed by atoms with E-state index in [0.717, 1.165) is 17.7 Å². The van der Waals surface area contributed by atoms with Crippen LogP contribution < -0.4 is 4.74 Å². The average molecular weight is 347 g/mol.